The van der Waals surface area contributed by atoms with Crippen molar-refractivity contribution < 1.29 is 145 Å². The van der Waals surface area contributed by atoms with Crippen LogP contribution in [0, 0.1) is 9.10 Å². The first-order chi connectivity index (χ1) is 68.5. The van der Waals surface area contributed by atoms with E-state index >= 15 is 0 Å². The number of anilines is 2. The Hall–Kier alpha value is -10.2. The van der Waals surface area contributed by atoms with E-state index in [0.29, 0.717) is 153 Å². The van der Waals surface area contributed by atoms with Crippen molar-refractivity contribution in [2.24, 2.45) is 5.11 Å². The summed E-state index contributed by atoms with van der Waals surface area (Å²) < 4.78 is 62.8. The molecule has 4 rings (SSSR count). The largest absolute Gasteiger partial charge is 0.480 e. The average molecular weight is 2160 g/mol. The maximum atomic E-state index is 13.7. The predicted octanol–water partition coefficient (Wildman–Crippen LogP) is 3.21. The molecular weight excluding hydrogens is 2010 g/mol. The van der Waals surface area contributed by atoms with Crippen LogP contribution in [0.3, 0.4) is 0 Å². The summed E-state index contributed by atoms with van der Waals surface area (Å²) in [6, 6.07) is 17.1. The fourth-order valence-electron chi connectivity index (χ4n) is 13.7. The smallest absolute Gasteiger partial charge is 0.326 e. The zero-order valence-electron chi connectivity index (χ0n) is 80.4. The van der Waals surface area contributed by atoms with Crippen LogP contribution in [-0.2, 0) is 113 Å². The van der Waals surface area contributed by atoms with Crippen molar-refractivity contribution in [3.05, 3.63) is 99.3 Å². The number of aryl methyl sites for hydroxylation is 1. The lowest BCUT2D eigenvalue weighted by molar-refractivity contribution is -0.142. The Bertz CT molecular complexity index is 4230. The van der Waals surface area contributed by atoms with E-state index in [1.165, 1.54) is 15.3 Å². The second-order valence-electron chi connectivity index (χ2n) is 32.4. The first kappa shape index (κ1) is 124. The molecular formula is C92H144IN17O30S2. The molecule has 3 aromatic rings. The van der Waals surface area contributed by atoms with Crippen molar-refractivity contribution in [3.8, 4) is 0 Å². The maximum Gasteiger partial charge on any atom is 0.326 e. The van der Waals surface area contributed by atoms with Gasteiger partial charge in [-0.05, 0) is 166 Å². The van der Waals surface area contributed by atoms with Crippen molar-refractivity contribution in [2.45, 2.75) is 120 Å². The summed E-state index contributed by atoms with van der Waals surface area (Å²) in [6.07, 6.45) is 8.08. The van der Waals surface area contributed by atoms with Crippen molar-refractivity contribution in [2.75, 3.05) is 267 Å². The van der Waals surface area contributed by atoms with E-state index in [-0.39, 0.29) is 182 Å². The van der Waals surface area contributed by atoms with Gasteiger partial charge in [-0.2, -0.15) is 5.11 Å². The van der Waals surface area contributed by atoms with Crippen LogP contribution in [0.1, 0.15) is 100 Å². The van der Waals surface area contributed by atoms with Gasteiger partial charge in [-0.3, -0.25) is 58.0 Å². The van der Waals surface area contributed by atoms with E-state index < -0.39 is 115 Å². The van der Waals surface area contributed by atoms with Crippen molar-refractivity contribution in [1.29, 1.82) is 5.53 Å². The summed E-state index contributed by atoms with van der Waals surface area (Å²) in [4.78, 5) is 153. The summed E-state index contributed by atoms with van der Waals surface area (Å²) in [5.41, 5.74) is 11.6. The molecule has 4 atom stereocenters. The normalized spacial score (nSPS) is 14.1. The summed E-state index contributed by atoms with van der Waals surface area (Å²) in [6.45, 7) is 6.54. The molecule has 1 saturated heterocycles. The van der Waals surface area contributed by atoms with Gasteiger partial charge in [0.1, 0.15) is 30.4 Å². The molecule has 0 radical (unpaired) electrons. The fraction of sp³-hybridized carbons (Fsp3) is 0.630. The molecule has 1 aliphatic heterocycles. The van der Waals surface area contributed by atoms with E-state index in [0.717, 1.165) is 36.2 Å². The second-order valence-corrected chi connectivity index (χ2v) is 34.5. The zero-order valence-corrected chi connectivity index (χ0v) is 84.2. The Labute approximate surface area is 851 Å². The number of aliphatic carboxylic acids is 7. The number of carbonyl (C=O) groups is 12. The standard InChI is InChI=1S/C92H144IN17O30S2/c93-71-20-16-68(17-21-71)9-7-15-81(141)96-26-4-2-13-76(88(124)125)104-80(112)25-38-131-42-46-135-49-51-137-53-55-139-57-58-140-56-54-138-52-50-136-48-44-133-40-30-97-87(123)75(12-1-6-28-99-92(142)102-72-22-18-69(19-23-72)59-74-63-109(66-85(119)120)34-33-107(64-83(115)116)31-32-108(65-84(117)118)35-36-110(74)67-86(121)122)103-79(111)24-37-130-41-45-134-47-43-132-39-29-95-61-78(106-94)70-10-8-11-73(60-70)101-90(128)98-27-5-3-14-77(89(126)127)105-91(129)100-62-82(113)114/h8,10-11,16-23,60-61,74-77,94-95H,1-7,9,12-15,24-59,62-67H2,(H,96,141)(H,97,123)(H,103,111)(H,104,112)(H,113,114)(H,115,116)(H,117,118)(H,119,120)(H,121,122)(H,124,125)(H,126,127)(H2,98,101,128)(H2,99,102,142)(H2,100,105,129)/b78-61-,106-94?/t74?,75-,76-,77-/m0/s1. The first-order valence-electron chi connectivity index (χ1n) is 47.4. The number of benzene rings is 3. The lowest BCUT2D eigenvalue weighted by atomic mass is 10.0. The number of hydrogen-bond acceptors (Lipinski definition) is 32. The third kappa shape index (κ3) is 65.1. The number of thiocarbonyl (C=S) groups is 2. The number of nitrogens with zero attached hydrogens (tertiary/aromatic N) is 5. The quantitative estimate of drug-likeness (QED) is 0.0167. The van der Waals surface area contributed by atoms with E-state index in [2.05, 4.69) is 105 Å². The number of nitrogens with one attached hydrogen (secondary N) is 12. The number of ether oxygens (including phenoxy) is 11. The van der Waals surface area contributed by atoms with E-state index in [1.54, 1.807) is 56.0 Å². The average Bonchev–Trinajstić information content (AvgIpc) is 0.808. The highest BCUT2D eigenvalue weighted by atomic mass is 127. The molecule has 142 heavy (non-hydrogen) atoms. The Morgan fingerprint density at radius 1 is 0.415 bits per heavy atom. The molecule has 47 nitrogen and oxygen atoms in total. The van der Waals surface area contributed by atoms with Gasteiger partial charge in [0.15, 0.2) is 5.11 Å². The van der Waals surface area contributed by atoms with Gasteiger partial charge >= 0.3 is 53.8 Å². The molecule has 19 N–H and O–H groups in total. The predicted molar refractivity (Wildman–Crippen MR) is 537 cm³/mol. The number of carboxylic acid groups (broad SMARTS) is 7. The van der Waals surface area contributed by atoms with Crippen LogP contribution in [0.2, 0.25) is 0 Å². The highest BCUT2D eigenvalue weighted by Gasteiger charge is 2.30. The third-order valence-corrected chi connectivity index (χ3v) is 22.3. The molecule has 0 saturated carbocycles. The van der Waals surface area contributed by atoms with E-state index in [4.69, 9.17) is 87.2 Å². The third-order valence-electron chi connectivity index (χ3n) is 21.0. The minimum Gasteiger partial charge on any atom is -0.480 e. The SMILES string of the molecule is N=N/C(=C\NCCOCCOCCOCCC(=O)N[C@@H](CCCCNC(=S)Nc1ccc(CC2CN(CC(=O)O)CCN(CC(=O)O)CCN(CC(=O)O)CCN2CC(=O)O)cc1)C(=O)NCCOCCOCCOCCOCCOCCOCCOCCOCCC(=O)N[C@@H](CCCCNC(=S)CCCc1ccc(I)cc1)C(=O)O)c1cccc(NC(=O)NCCCC[C@H](NC(=O)NCC(=O)O)C(=O)O)c1. The Balaban J connectivity index is 1.11. The Morgan fingerprint density at radius 3 is 1.35 bits per heavy atom. The second kappa shape index (κ2) is 79.2. The maximum absolute atomic E-state index is 13.7. The molecule has 3 aromatic carbocycles. The number of unbranched alkanes of at least 4 members (excludes halogenated alkanes) is 3. The number of carbonyl (C=O) groups excluding carboxylic acids is 5. The minimum absolute atomic E-state index is 0.0214. The van der Waals surface area contributed by atoms with Gasteiger partial charge < -0.3 is 146 Å². The summed E-state index contributed by atoms with van der Waals surface area (Å²) in [5.74, 6) is -9.37. The zero-order chi connectivity index (χ0) is 103. The van der Waals surface area contributed by atoms with Gasteiger partial charge in [0, 0.05) is 124 Å². The van der Waals surface area contributed by atoms with Gasteiger partial charge in [0.2, 0.25) is 17.7 Å². The molecule has 1 fully saturated rings. The van der Waals surface area contributed by atoms with Crippen LogP contribution >= 0.6 is 47.0 Å². The van der Waals surface area contributed by atoms with Gasteiger partial charge in [-0.1, -0.05) is 48.6 Å². The minimum atomic E-state index is -1.30. The number of halogens is 1. The number of hydrogen-bond donors (Lipinski definition) is 19. The molecule has 0 bridgehead atoms. The molecule has 0 aromatic heterocycles. The summed E-state index contributed by atoms with van der Waals surface area (Å²) in [7, 11) is 0. The molecule has 796 valence electrons. The lowest BCUT2D eigenvalue weighted by Crippen LogP contribution is -2.53. The van der Waals surface area contributed by atoms with Gasteiger partial charge in [0.25, 0.3) is 0 Å². The monoisotopic (exact) mass is 2160 g/mol. The van der Waals surface area contributed by atoms with Gasteiger partial charge in [0.05, 0.1) is 177 Å². The van der Waals surface area contributed by atoms with Crippen LogP contribution in [0.25, 0.3) is 5.70 Å². The van der Waals surface area contributed by atoms with Crippen LogP contribution in [0.5, 0.6) is 0 Å². The van der Waals surface area contributed by atoms with Crippen LogP contribution in [0.15, 0.2) is 84.1 Å². The summed E-state index contributed by atoms with van der Waals surface area (Å²) in [5, 5.41) is 101. The molecule has 50 heteroatoms. The van der Waals surface area contributed by atoms with Crippen molar-refractivity contribution in [3.63, 3.8) is 0 Å². The molecule has 7 amide bonds. The van der Waals surface area contributed by atoms with Crippen LogP contribution < -0.4 is 58.5 Å². The van der Waals surface area contributed by atoms with Gasteiger partial charge in [-0.15, -0.1) is 0 Å². The molecule has 0 spiro atoms. The molecule has 1 aliphatic rings. The molecule has 1 unspecified atom stereocenters. The molecule has 0 aliphatic carbocycles. The number of rotatable bonds is 81. The lowest BCUT2D eigenvalue weighted by Gasteiger charge is -2.37. The Morgan fingerprint density at radius 2 is 0.852 bits per heavy atom. The topological polar surface area (TPSA) is 629 Å². The highest BCUT2D eigenvalue weighted by molar-refractivity contribution is 14.1. The van der Waals surface area contributed by atoms with E-state index in [1.807, 2.05) is 17.4 Å². The Kier molecular flexibility index (Phi) is 69.2. The van der Waals surface area contributed by atoms with Gasteiger partial charge in [-0.25, -0.2) is 24.7 Å². The van der Waals surface area contributed by atoms with Crippen molar-refractivity contribution >= 4 is 146 Å². The number of urea groups is 2. The number of carboxylic acids is 7. The van der Waals surface area contributed by atoms with E-state index in [9.17, 15) is 88.2 Å². The van der Waals surface area contributed by atoms with Crippen molar-refractivity contribution in [1.82, 2.24) is 67.5 Å². The van der Waals surface area contributed by atoms with Crippen LogP contribution in [0.4, 0.5) is 21.0 Å². The molecule has 1 heterocycles. The fourth-order valence-corrected chi connectivity index (χ4v) is 14.6. The highest BCUT2D eigenvalue weighted by Crippen LogP contribution is 2.21. The number of amides is 7. The first-order valence-corrected chi connectivity index (χ1v) is 49.3. The van der Waals surface area contributed by atoms with Crippen LogP contribution in [-0.4, -0.2) is 418 Å². The summed E-state index contributed by atoms with van der Waals surface area (Å²) >= 11 is 13.4.